The van der Waals surface area contributed by atoms with Crippen LogP contribution in [0.15, 0.2) is 121 Å². The van der Waals surface area contributed by atoms with Gasteiger partial charge < -0.3 is 9.13 Å². The maximum absolute atomic E-state index is 10.8. The number of nitriles is 3. The first-order valence-corrected chi connectivity index (χ1v) is 17.4. The average molecular weight is 654 g/mol. The Hall–Kier alpha value is -6.87. The maximum atomic E-state index is 10.8. The molecule has 240 valence electrons. The van der Waals surface area contributed by atoms with Crippen LogP contribution in [0.1, 0.15) is 46.5 Å². The molecule has 0 spiro atoms. The molecular weight excluding hydrogens is 623 g/mol. The van der Waals surface area contributed by atoms with E-state index in [-0.39, 0.29) is 5.92 Å². The van der Waals surface area contributed by atoms with Crippen molar-refractivity contribution in [2.24, 2.45) is 5.92 Å². The van der Waals surface area contributed by atoms with Crippen molar-refractivity contribution in [1.82, 2.24) is 9.13 Å². The summed E-state index contributed by atoms with van der Waals surface area (Å²) in [5, 5.41) is 33.3. The molecule has 5 aromatic carbocycles. The molecule has 0 fully saturated rings. The Morgan fingerprint density at radius 3 is 2.04 bits per heavy atom. The highest BCUT2D eigenvalue weighted by Crippen LogP contribution is 2.42. The lowest BCUT2D eigenvalue weighted by Gasteiger charge is -2.19. The number of hydrogen-bond donors (Lipinski definition) is 0. The number of aromatic nitrogens is 2. The van der Waals surface area contributed by atoms with Crippen LogP contribution in [0.4, 0.5) is 0 Å². The van der Waals surface area contributed by atoms with Crippen molar-refractivity contribution in [2.45, 2.75) is 25.7 Å². The largest absolute Gasteiger partial charge is 0.310 e. The molecule has 1 atom stereocenters. The molecule has 0 N–H and O–H groups in total. The third-order valence-corrected chi connectivity index (χ3v) is 10.5. The van der Waals surface area contributed by atoms with Gasteiger partial charge in [-0.3, -0.25) is 0 Å². The highest BCUT2D eigenvalue weighted by molar-refractivity contribution is 5.95. The third kappa shape index (κ3) is 4.74. The maximum Gasteiger partial charge on any atom is 0.100 e. The SMILES string of the molecule is N#Cc1ccc(-c2ccc(-n3c4c(c5ccccc53)CCC(C#N)C=C4)cc2)c(C#N)c1-c1ccccc1-n1c2c(c3ccccc31)CCC=C2. The quantitative estimate of drug-likeness (QED) is 0.190. The van der Waals surface area contributed by atoms with Gasteiger partial charge in [-0.25, -0.2) is 0 Å². The number of hydrogen-bond acceptors (Lipinski definition) is 3. The highest BCUT2D eigenvalue weighted by Gasteiger charge is 2.24. The van der Waals surface area contributed by atoms with Gasteiger partial charge in [-0.15, -0.1) is 0 Å². The molecule has 5 nitrogen and oxygen atoms in total. The predicted octanol–water partition coefficient (Wildman–Crippen LogP) is 10.7. The number of rotatable bonds is 4. The fourth-order valence-electron chi connectivity index (χ4n) is 8.20. The van der Waals surface area contributed by atoms with Gasteiger partial charge in [-0.2, -0.15) is 15.8 Å². The van der Waals surface area contributed by atoms with Crippen molar-refractivity contribution in [2.75, 3.05) is 0 Å². The number of nitrogens with zero attached hydrogens (tertiary/aromatic N) is 5. The van der Waals surface area contributed by atoms with Crippen molar-refractivity contribution in [3.63, 3.8) is 0 Å². The molecule has 0 amide bonds. The third-order valence-electron chi connectivity index (χ3n) is 10.5. The van der Waals surface area contributed by atoms with E-state index in [0.717, 1.165) is 76.2 Å². The van der Waals surface area contributed by atoms with Crippen LogP contribution in [0.5, 0.6) is 0 Å². The zero-order valence-corrected chi connectivity index (χ0v) is 27.8. The Morgan fingerprint density at radius 2 is 1.29 bits per heavy atom. The molecule has 0 radical (unpaired) electrons. The van der Waals surface area contributed by atoms with E-state index in [1.165, 1.54) is 21.9 Å². The van der Waals surface area contributed by atoms with E-state index in [2.05, 4.69) is 124 Å². The fourth-order valence-corrected chi connectivity index (χ4v) is 8.20. The van der Waals surface area contributed by atoms with Gasteiger partial charge in [0.25, 0.3) is 0 Å². The average Bonchev–Trinajstić information content (AvgIpc) is 3.60. The Balaban J connectivity index is 1.20. The second-order valence-corrected chi connectivity index (χ2v) is 13.2. The lowest BCUT2D eigenvalue weighted by Crippen LogP contribution is -2.04. The molecule has 2 heterocycles. The number of fused-ring (bicyclic) bond motifs is 6. The molecule has 5 heteroatoms. The molecule has 7 aromatic rings. The van der Waals surface area contributed by atoms with E-state index in [1.807, 2.05) is 36.4 Å². The molecule has 0 saturated carbocycles. The van der Waals surface area contributed by atoms with Gasteiger partial charge in [-0.05, 0) is 90.9 Å². The minimum Gasteiger partial charge on any atom is -0.310 e. The zero-order chi connectivity index (χ0) is 34.5. The first-order valence-electron chi connectivity index (χ1n) is 17.4. The molecule has 0 bridgehead atoms. The van der Waals surface area contributed by atoms with Gasteiger partial charge in [0.1, 0.15) is 6.07 Å². The van der Waals surface area contributed by atoms with Crippen molar-refractivity contribution in [1.29, 1.82) is 15.8 Å². The minimum atomic E-state index is -0.106. The predicted molar refractivity (Wildman–Crippen MR) is 204 cm³/mol. The van der Waals surface area contributed by atoms with Crippen LogP contribution in [-0.2, 0) is 12.8 Å². The topological polar surface area (TPSA) is 81.2 Å². The Bertz CT molecular complexity index is 2730. The molecule has 51 heavy (non-hydrogen) atoms. The van der Waals surface area contributed by atoms with Gasteiger partial charge in [0.2, 0.25) is 0 Å². The van der Waals surface area contributed by atoms with E-state index in [4.69, 9.17) is 0 Å². The van der Waals surface area contributed by atoms with Gasteiger partial charge in [-0.1, -0.05) is 84.9 Å². The summed E-state index contributed by atoms with van der Waals surface area (Å²) in [6.45, 7) is 0. The van der Waals surface area contributed by atoms with Crippen molar-refractivity contribution in [3.8, 4) is 51.8 Å². The highest BCUT2D eigenvalue weighted by atomic mass is 15.0. The van der Waals surface area contributed by atoms with Crippen LogP contribution in [0.2, 0.25) is 0 Å². The summed E-state index contributed by atoms with van der Waals surface area (Å²) in [5.41, 5.74) is 13.1. The summed E-state index contributed by atoms with van der Waals surface area (Å²) in [4.78, 5) is 0. The smallest absolute Gasteiger partial charge is 0.100 e. The second kappa shape index (κ2) is 12.2. The summed E-state index contributed by atoms with van der Waals surface area (Å²) < 4.78 is 4.56. The van der Waals surface area contributed by atoms with Crippen molar-refractivity contribution in [3.05, 3.63) is 155 Å². The normalized spacial score (nSPS) is 14.7. The van der Waals surface area contributed by atoms with Crippen LogP contribution < -0.4 is 0 Å². The van der Waals surface area contributed by atoms with Crippen LogP contribution >= 0.6 is 0 Å². The summed E-state index contributed by atoms with van der Waals surface area (Å²) >= 11 is 0. The van der Waals surface area contributed by atoms with Crippen LogP contribution in [0.3, 0.4) is 0 Å². The van der Waals surface area contributed by atoms with Crippen LogP contribution in [0, 0.1) is 39.9 Å². The number of allylic oxidation sites excluding steroid dienone is 2. The molecule has 0 aliphatic heterocycles. The van der Waals surface area contributed by atoms with Crippen LogP contribution in [0.25, 0.3) is 67.6 Å². The Morgan fingerprint density at radius 1 is 0.608 bits per heavy atom. The van der Waals surface area contributed by atoms with Gasteiger partial charge >= 0.3 is 0 Å². The van der Waals surface area contributed by atoms with Crippen molar-refractivity contribution >= 4 is 34.0 Å². The number of para-hydroxylation sites is 3. The first-order chi connectivity index (χ1) is 25.2. The van der Waals surface area contributed by atoms with E-state index < -0.39 is 0 Å². The second-order valence-electron chi connectivity index (χ2n) is 13.2. The Labute approximate surface area is 296 Å². The molecular formula is C46H31N5. The van der Waals surface area contributed by atoms with E-state index in [9.17, 15) is 15.8 Å². The molecule has 2 aliphatic carbocycles. The standard InChI is InChI=1S/C46H31N5/c47-27-30-17-24-38-37-11-1-5-13-41(37)50(45(38)26-18-30)33-22-19-31(20-23-33)34-25-21-32(28-48)46(40(34)29-49)39-12-4-8-16-44(39)51-42-14-6-2-9-35(42)36-10-3-7-15-43(36)51/h1-2,4-9,11-16,18-23,25-26,30H,3,10,17,24H2. The van der Waals surface area contributed by atoms with Gasteiger partial charge in [0.05, 0.1) is 45.9 Å². The zero-order valence-electron chi connectivity index (χ0n) is 27.8. The van der Waals surface area contributed by atoms with Gasteiger partial charge in [0, 0.05) is 44.5 Å². The van der Waals surface area contributed by atoms with Gasteiger partial charge in [0.15, 0.2) is 0 Å². The molecule has 0 saturated heterocycles. The monoisotopic (exact) mass is 653 g/mol. The first kappa shape index (κ1) is 30.2. The van der Waals surface area contributed by atoms with E-state index >= 15 is 0 Å². The lowest BCUT2D eigenvalue weighted by atomic mass is 9.88. The van der Waals surface area contributed by atoms with E-state index in [1.54, 1.807) is 0 Å². The molecule has 1 unspecified atom stereocenters. The minimum absolute atomic E-state index is 0.106. The number of benzene rings is 5. The fraction of sp³-hybridized carbons (Fsp3) is 0.109. The molecule has 2 aromatic heterocycles. The summed E-state index contributed by atoms with van der Waals surface area (Å²) in [6.07, 6.45) is 12.2. The van der Waals surface area contributed by atoms with Crippen LogP contribution in [-0.4, -0.2) is 9.13 Å². The summed E-state index contributed by atoms with van der Waals surface area (Å²) in [5.74, 6) is -0.106. The lowest BCUT2D eigenvalue weighted by molar-refractivity contribution is 0.730. The molecule has 2 aliphatic rings. The Kier molecular flexibility index (Phi) is 7.24. The molecule has 9 rings (SSSR count). The number of aryl methyl sites for hydroxylation is 2. The van der Waals surface area contributed by atoms with E-state index in [0.29, 0.717) is 16.7 Å². The summed E-state index contributed by atoms with van der Waals surface area (Å²) in [6, 6.07) is 44.5. The van der Waals surface area contributed by atoms with Crippen molar-refractivity contribution < 1.29 is 0 Å². The summed E-state index contributed by atoms with van der Waals surface area (Å²) in [7, 11) is 0.